The van der Waals surface area contributed by atoms with Gasteiger partial charge in [0.2, 0.25) is 5.76 Å². The number of oxazole rings is 1. The molecular weight excluding hydrogens is 238 g/mol. The van der Waals surface area contributed by atoms with E-state index in [1.807, 2.05) is 6.92 Å². The Balaban J connectivity index is 2.41. The number of hydrogen-bond donors (Lipinski definition) is 0. The molecule has 0 unspecified atom stereocenters. The molecule has 96 valence electrons. The Labute approximate surface area is 104 Å². The normalized spacial score (nSPS) is 10.6. The predicted octanol–water partition coefficient (Wildman–Crippen LogP) is 2.18. The Bertz CT molecular complexity index is 555. The first-order valence-electron chi connectivity index (χ1n) is 5.29. The van der Waals surface area contributed by atoms with Crippen molar-refractivity contribution in [2.75, 3.05) is 14.2 Å². The van der Waals surface area contributed by atoms with Crippen LogP contribution in [0.2, 0.25) is 0 Å². The van der Waals surface area contributed by atoms with E-state index in [0.29, 0.717) is 11.5 Å². The van der Waals surface area contributed by atoms with Crippen molar-refractivity contribution in [3.05, 3.63) is 29.3 Å². The number of ether oxygens (including phenoxy) is 2. The Morgan fingerprint density at radius 3 is 2.67 bits per heavy atom. The van der Waals surface area contributed by atoms with Crippen molar-refractivity contribution in [2.45, 2.75) is 13.5 Å². The molecule has 2 aromatic rings. The van der Waals surface area contributed by atoms with Gasteiger partial charge < -0.3 is 18.3 Å². The second kappa shape index (κ2) is 5.05. The van der Waals surface area contributed by atoms with Gasteiger partial charge in [0.15, 0.2) is 5.76 Å². The zero-order chi connectivity index (χ0) is 13.1. The fourth-order valence-corrected chi connectivity index (χ4v) is 1.49. The lowest BCUT2D eigenvalue weighted by atomic mass is 10.3. The van der Waals surface area contributed by atoms with Crippen LogP contribution in [0.1, 0.15) is 22.0 Å². The van der Waals surface area contributed by atoms with Crippen LogP contribution in [-0.2, 0) is 16.1 Å². The molecule has 2 heterocycles. The van der Waals surface area contributed by atoms with Crippen molar-refractivity contribution in [3.63, 3.8) is 0 Å². The van der Waals surface area contributed by atoms with Crippen molar-refractivity contribution < 1.29 is 23.1 Å². The average Bonchev–Trinajstić information content (AvgIpc) is 2.95. The summed E-state index contributed by atoms with van der Waals surface area (Å²) in [6.45, 7) is 1.97. The van der Waals surface area contributed by atoms with E-state index < -0.39 is 5.97 Å². The third-order valence-electron chi connectivity index (χ3n) is 2.30. The Hall–Kier alpha value is -2.08. The lowest BCUT2D eigenvalue weighted by Gasteiger charge is -1.96. The maximum Gasteiger partial charge on any atom is 0.376 e. The SMILES string of the molecule is COCc1nc(-c2ccc(C)o2)oc1C(=O)OC. The minimum atomic E-state index is -0.593. The molecular formula is C12H13NO5. The molecule has 6 nitrogen and oxygen atoms in total. The van der Waals surface area contributed by atoms with Crippen molar-refractivity contribution in [1.82, 2.24) is 4.98 Å². The number of rotatable bonds is 4. The lowest BCUT2D eigenvalue weighted by Crippen LogP contribution is -2.04. The number of carbonyl (C=O) groups is 1. The van der Waals surface area contributed by atoms with Gasteiger partial charge in [0, 0.05) is 7.11 Å². The summed E-state index contributed by atoms with van der Waals surface area (Å²) < 4.78 is 20.3. The van der Waals surface area contributed by atoms with Crippen molar-refractivity contribution in [1.29, 1.82) is 0 Å². The topological polar surface area (TPSA) is 74.7 Å². The number of hydrogen-bond acceptors (Lipinski definition) is 6. The molecule has 0 aliphatic carbocycles. The van der Waals surface area contributed by atoms with Crippen LogP contribution in [0.15, 0.2) is 21.0 Å². The minimum absolute atomic E-state index is 0.0309. The van der Waals surface area contributed by atoms with Crippen molar-refractivity contribution in [2.24, 2.45) is 0 Å². The molecule has 0 saturated heterocycles. The van der Waals surface area contributed by atoms with Gasteiger partial charge in [-0.2, -0.15) is 0 Å². The molecule has 0 spiro atoms. The summed E-state index contributed by atoms with van der Waals surface area (Å²) in [7, 11) is 2.78. The highest BCUT2D eigenvalue weighted by Crippen LogP contribution is 2.24. The van der Waals surface area contributed by atoms with E-state index in [1.165, 1.54) is 14.2 Å². The summed E-state index contributed by atoms with van der Waals surface area (Å²) in [6, 6.07) is 3.51. The maximum absolute atomic E-state index is 11.5. The zero-order valence-corrected chi connectivity index (χ0v) is 10.4. The van der Waals surface area contributed by atoms with Crippen LogP contribution in [-0.4, -0.2) is 25.2 Å². The van der Waals surface area contributed by atoms with Gasteiger partial charge in [-0.3, -0.25) is 0 Å². The van der Waals surface area contributed by atoms with E-state index in [2.05, 4.69) is 9.72 Å². The van der Waals surface area contributed by atoms with Crippen LogP contribution in [0.4, 0.5) is 0 Å². The summed E-state index contributed by atoms with van der Waals surface area (Å²) in [5, 5.41) is 0. The van der Waals surface area contributed by atoms with Crippen molar-refractivity contribution >= 4 is 5.97 Å². The van der Waals surface area contributed by atoms with Gasteiger partial charge in [-0.1, -0.05) is 0 Å². The number of nitrogens with zero attached hydrogens (tertiary/aromatic N) is 1. The molecule has 2 rings (SSSR count). The Morgan fingerprint density at radius 2 is 2.11 bits per heavy atom. The van der Waals surface area contributed by atoms with Crippen LogP contribution in [0, 0.1) is 6.92 Å². The van der Waals surface area contributed by atoms with Gasteiger partial charge >= 0.3 is 5.97 Å². The molecule has 0 aliphatic rings. The third kappa shape index (κ3) is 2.28. The molecule has 0 aromatic carbocycles. The van der Waals surface area contributed by atoms with E-state index in [-0.39, 0.29) is 18.3 Å². The number of aryl methyl sites for hydroxylation is 1. The summed E-state index contributed by atoms with van der Waals surface area (Å²) in [6.07, 6.45) is 0. The van der Waals surface area contributed by atoms with Crippen LogP contribution in [0.3, 0.4) is 0 Å². The van der Waals surface area contributed by atoms with Crippen LogP contribution < -0.4 is 0 Å². The molecule has 0 aliphatic heterocycles. The predicted molar refractivity (Wildman–Crippen MR) is 61.0 cm³/mol. The summed E-state index contributed by atoms with van der Waals surface area (Å²) in [5.41, 5.74) is 0.383. The van der Waals surface area contributed by atoms with Gasteiger partial charge in [0.25, 0.3) is 5.89 Å². The number of aromatic nitrogens is 1. The van der Waals surface area contributed by atoms with Crippen molar-refractivity contribution in [3.8, 4) is 11.7 Å². The fraction of sp³-hybridized carbons (Fsp3) is 0.333. The molecule has 6 heteroatoms. The second-order valence-corrected chi connectivity index (χ2v) is 3.63. The lowest BCUT2D eigenvalue weighted by molar-refractivity contribution is 0.0559. The number of esters is 1. The smallest absolute Gasteiger partial charge is 0.376 e. The molecule has 0 fully saturated rings. The highest BCUT2D eigenvalue weighted by Gasteiger charge is 2.22. The number of methoxy groups -OCH3 is 2. The first-order valence-corrected chi connectivity index (χ1v) is 5.29. The number of carbonyl (C=O) groups excluding carboxylic acids is 1. The monoisotopic (exact) mass is 251 g/mol. The van der Waals surface area contributed by atoms with E-state index in [4.69, 9.17) is 13.6 Å². The molecule has 18 heavy (non-hydrogen) atoms. The maximum atomic E-state index is 11.5. The minimum Gasteiger partial charge on any atom is -0.463 e. The van der Waals surface area contributed by atoms with Gasteiger partial charge in [-0.05, 0) is 19.1 Å². The molecule has 0 N–H and O–H groups in total. The summed E-state index contributed by atoms with van der Waals surface area (Å²) in [5.74, 6) is 0.860. The van der Waals surface area contributed by atoms with Crippen LogP contribution in [0.5, 0.6) is 0 Å². The Kier molecular flexibility index (Phi) is 3.47. The van der Waals surface area contributed by atoms with E-state index in [0.717, 1.165) is 5.76 Å². The van der Waals surface area contributed by atoms with Crippen LogP contribution >= 0.6 is 0 Å². The average molecular weight is 251 g/mol. The standard InChI is InChI=1S/C12H13NO5/c1-7-4-5-9(17-7)11-13-8(6-15-2)10(18-11)12(14)16-3/h4-5H,6H2,1-3H3. The summed E-state index contributed by atoms with van der Waals surface area (Å²) >= 11 is 0. The van der Waals surface area contributed by atoms with E-state index in [1.54, 1.807) is 12.1 Å². The molecule has 2 aromatic heterocycles. The molecule has 0 radical (unpaired) electrons. The molecule has 0 saturated carbocycles. The summed E-state index contributed by atoms with van der Waals surface area (Å²) in [4.78, 5) is 15.7. The molecule has 0 amide bonds. The molecule has 0 atom stereocenters. The number of furan rings is 1. The Morgan fingerprint density at radius 1 is 1.33 bits per heavy atom. The molecule has 0 bridgehead atoms. The highest BCUT2D eigenvalue weighted by atomic mass is 16.5. The fourth-order valence-electron chi connectivity index (χ4n) is 1.49. The highest BCUT2D eigenvalue weighted by molar-refractivity contribution is 5.87. The first kappa shape index (κ1) is 12.4. The van der Waals surface area contributed by atoms with Gasteiger partial charge in [0.1, 0.15) is 11.5 Å². The van der Waals surface area contributed by atoms with Gasteiger partial charge in [-0.15, -0.1) is 0 Å². The first-order chi connectivity index (χ1) is 8.65. The van der Waals surface area contributed by atoms with Crippen LogP contribution in [0.25, 0.3) is 11.7 Å². The van der Waals surface area contributed by atoms with E-state index in [9.17, 15) is 4.79 Å². The van der Waals surface area contributed by atoms with E-state index >= 15 is 0 Å². The largest absolute Gasteiger partial charge is 0.463 e. The quantitative estimate of drug-likeness (QED) is 0.775. The third-order valence-corrected chi connectivity index (χ3v) is 2.30. The zero-order valence-electron chi connectivity index (χ0n) is 10.4. The van der Waals surface area contributed by atoms with Gasteiger partial charge in [0.05, 0.1) is 13.7 Å². The van der Waals surface area contributed by atoms with Gasteiger partial charge in [-0.25, -0.2) is 9.78 Å². The second-order valence-electron chi connectivity index (χ2n) is 3.63.